The molecule has 3 rings (SSSR count). The Kier molecular flexibility index (Phi) is 5.48. The number of aromatic nitrogens is 1. The Hall–Kier alpha value is -2.45. The van der Waals surface area contributed by atoms with E-state index in [2.05, 4.69) is 9.71 Å². The third-order valence-electron chi connectivity index (χ3n) is 4.38. The van der Waals surface area contributed by atoms with Gasteiger partial charge in [0.25, 0.3) is 5.91 Å². The van der Waals surface area contributed by atoms with Gasteiger partial charge in [-0.25, -0.2) is 18.1 Å². The Balaban J connectivity index is 2.08. The summed E-state index contributed by atoms with van der Waals surface area (Å²) in [5.41, 5.74) is 0.202. The number of sulfonamides is 1. The molecule has 0 unspecified atom stereocenters. The number of nitrogens with one attached hydrogen (secondary N) is 1. The van der Waals surface area contributed by atoms with E-state index in [-0.39, 0.29) is 22.4 Å². The third kappa shape index (κ3) is 3.81. The number of ether oxygens (including phenoxy) is 1. The first kappa shape index (κ1) is 19.3. The molecule has 0 radical (unpaired) electrons. The molecule has 1 aliphatic heterocycles. The SMILES string of the molecule is CCCN1C(=O)c2cc(S(=O)(=O)N[C@@H](C)CC)ccc2Oc2cccnc21. The molecule has 0 aliphatic carbocycles. The molecule has 7 nitrogen and oxygen atoms in total. The fourth-order valence-corrected chi connectivity index (χ4v) is 4.16. The summed E-state index contributed by atoms with van der Waals surface area (Å²) >= 11 is 0. The smallest absolute Gasteiger partial charge is 0.263 e. The lowest BCUT2D eigenvalue weighted by molar-refractivity contribution is 0.0986. The van der Waals surface area contributed by atoms with Crippen LogP contribution in [0.3, 0.4) is 0 Å². The summed E-state index contributed by atoms with van der Waals surface area (Å²) in [6.45, 7) is 6.10. The molecule has 1 atom stereocenters. The van der Waals surface area contributed by atoms with Gasteiger partial charge in [-0.15, -0.1) is 0 Å². The summed E-state index contributed by atoms with van der Waals surface area (Å²) in [6, 6.07) is 7.60. The monoisotopic (exact) mass is 389 g/mol. The number of hydrogen-bond donors (Lipinski definition) is 1. The van der Waals surface area contributed by atoms with E-state index in [1.165, 1.54) is 23.1 Å². The van der Waals surface area contributed by atoms with E-state index in [9.17, 15) is 13.2 Å². The largest absolute Gasteiger partial charge is 0.453 e. The van der Waals surface area contributed by atoms with Crippen molar-refractivity contribution in [3.8, 4) is 11.5 Å². The molecule has 0 saturated heterocycles. The highest BCUT2D eigenvalue weighted by Crippen LogP contribution is 2.38. The lowest BCUT2D eigenvalue weighted by atomic mass is 10.1. The number of hydrogen-bond acceptors (Lipinski definition) is 5. The van der Waals surface area contributed by atoms with E-state index < -0.39 is 10.0 Å². The van der Waals surface area contributed by atoms with Crippen molar-refractivity contribution < 1.29 is 17.9 Å². The van der Waals surface area contributed by atoms with Gasteiger partial charge in [0, 0.05) is 18.8 Å². The van der Waals surface area contributed by atoms with Gasteiger partial charge in [-0.3, -0.25) is 9.69 Å². The standard InChI is InChI=1S/C19H23N3O4S/c1-4-11-22-18-17(7-6-10-20-18)26-16-9-8-14(12-15(16)19(22)23)27(24,25)21-13(3)5-2/h6-10,12-13,21H,4-5,11H2,1-3H3/t13-/m0/s1. The molecule has 1 aromatic carbocycles. The molecule has 1 amide bonds. The number of pyridine rings is 1. The van der Waals surface area contributed by atoms with Gasteiger partial charge in [0.05, 0.1) is 10.5 Å². The molecule has 0 saturated carbocycles. The number of carbonyl (C=O) groups is 1. The zero-order chi connectivity index (χ0) is 19.6. The molecule has 2 heterocycles. The fourth-order valence-electron chi connectivity index (χ4n) is 2.80. The molecule has 144 valence electrons. The van der Waals surface area contributed by atoms with Crippen molar-refractivity contribution >= 4 is 21.7 Å². The highest BCUT2D eigenvalue weighted by atomic mass is 32.2. The van der Waals surface area contributed by atoms with Crippen molar-refractivity contribution in [2.24, 2.45) is 0 Å². The normalized spacial score (nSPS) is 14.8. The molecule has 27 heavy (non-hydrogen) atoms. The fraction of sp³-hybridized carbons (Fsp3) is 0.368. The van der Waals surface area contributed by atoms with E-state index in [0.717, 1.165) is 6.42 Å². The van der Waals surface area contributed by atoms with E-state index >= 15 is 0 Å². The van der Waals surface area contributed by atoms with Gasteiger partial charge in [0.1, 0.15) is 5.75 Å². The summed E-state index contributed by atoms with van der Waals surface area (Å²) in [6.07, 6.45) is 2.99. The number of rotatable bonds is 6. The van der Waals surface area contributed by atoms with E-state index in [1.54, 1.807) is 25.3 Å². The Labute approximate surface area is 159 Å². The van der Waals surface area contributed by atoms with Crippen molar-refractivity contribution in [1.82, 2.24) is 9.71 Å². The second-order valence-electron chi connectivity index (χ2n) is 6.47. The highest BCUT2D eigenvalue weighted by molar-refractivity contribution is 7.89. The molecule has 8 heteroatoms. The number of anilines is 1. The summed E-state index contributed by atoms with van der Waals surface area (Å²) < 4.78 is 33.7. The second-order valence-corrected chi connectivity index (χ2v) is 8.19. The lowest BCUT2D eigenvalue weighted by Gasteiger charge is -2.20. The topological polar surface area (TPSA) is 88.6 Å². The van der Waals surface area contributed by atoms with Crippen LogP contribution >= 0.6 is 0 Å². The van der Waals surface area contributed by atoms with Gasteiger partial charge in [0.15, 0.2) is 11.6 Å². The molecule has 0 bridgehead atoms. The minimum atomic E-state index is -3.73. The maximum absolute atomic E-state index is 13.1. The van der Waals surface area contributed by atoms with Crippen molar-refractivity contribution in [3.05, 3.63) is 42.1 Å². The zero-order valence-electron chi connectivity index (χ0n) is 15.6. The minimum absolute atomic E-state index is 0.0360. The number of benzene rings is 1. The molecule has 2 aromatic rings. The lowest BCUT2D eigenvalue weighted by Crippen LogP contribution is -2.33. The average molecular weight is 389 g/mol. The van der Waals surface area contributed by atoms with Crippen LogP contribution in [0, 0.1) is 0 Å². The number of nitrogens with zero attached hydrogens (tertiary/aromatic N) is 2. The number of amides is 1. The predicted octanol–water partition coefficient (Wildman–Crippen LogP) is 3.32. The van der Waals surface area contributed by atoms with Gasteiger partial charge >= 0.3 is 0 Å². The van der Waals surface area contributed by atoms with Crippen LogP contribution in [0.25, 0.3) is 0 Å². The molecule has 1 N–H and O–H groups in total. The van der Waals surface area contributed by atoms with Crippen molar-refractivity contribution in [2.75, 3.05) is 11.4 Å². The predicted molar refractivity (Wildman–Crippen MR) is 103 cm³/mol. The van der Waals surface area contributed by atoms with Gasteiger partial charge in [0.2, 0.25) is 10.0 Å². The molecular weight excluding hydrogens is 366 g/mol. The molecule has 0 fully saturated rings. The van der Waals surface area contributed by atoms with Gasteiger partial charge in [-0.05, 0) is 50.1 Å². The molecule has 1 aliphatic rings. The first-order chi connectivity index (χ1) is 12.9. The maximum Gasteiger partial charge on any atom is 0.263 e. The van der Waals surface area contributed by atoms with Crippen LogP contribution < -0.4 is 14.4 Å². The molecular formula is C19H23N3O4S. The van der Waals surface area contributed by atoms with Crippen LogP contribution in [-0.2, 0) is 10.0 Å². The van der Waals surface area contributed by atoms with Crippen LogP contribution in [0.5, 0.6) is 11.5 Å². The summed E-state index contributed by atoms with van der Waals surface area (Å²) in [4.78, 5) is 19.0. The zero-order valence-corrected chi connectivity index (χ0v) is 16.4. The minimum Gasteiger partial charge on any atom is -0.453 e. The third-order valence-corrected chi connectivity index (χ3v) is 5.97. The maximum atomic E-state index is 13.1. The summed E-state index contributed by atoms with van der Waals surface area (Å²) in [5, 5.41) is 0. The van der Waals surface area contributed by atoms with Crippen molar-refractivity contribution in [3.63, 3.8) is 0 Å². The summed E-state index contributed by atoms with van der Waals surface area (Å²) in [5.74, 6) is 0.884. The van der Waals surface area contributed by atoms with Crippen molar-refractivity contribution in [1.29, 1.82) is 0 Å². The Morgan fingerprint density at radius 3 is 2.70 bits per heavy atom. The van der Waals surface area contributed by atoms with Gasteiger partial charge in [-0.1, -0.05) is 13.8 Å². The van der Waals surface area contributed by atoms with E-state index in [4.69, 9.17) is 4.74 Å². The van der Waals surface area contributed by atoms with Crippen LogP contribution in [0.15, 0.2) is 41.4 Å². The second kappa shape index (κ2) is 7.66. The quantitative estimate of drug-likeness (QED) is 0.819. The van der Waals surface area contributed by atoms with Gasteiger partial charge in [-0.2, -0.15) is 0 Å². The van der Waals surface area contributed by atoms with E-state index in [0.29, 0.717) is 30.3 Å². The number of carbonyl (C=O) groups excluding carboxylic acids is 1. The Bertz CT molecular complexity index is 959. The van der Waals surface area contributed by atoms with Crippen molar-refractivity contribution in [2.45, 2.75) is 44.6 Å². The van der Waals surface area contributed by atoms with Crippen LogP contribution in [0.4, 0.5) is 5.82 Å². The number of fused-ring (bicyclic) bond motifs is 2. The van der Waals surface area contributed by atoms with Crippen LogP contribution in [-0.4, -0.2) is 31.9 Å². The Morgan fingerprint density at radius 2 is 2.00 bits per heavy atom. The first-order valence-corrected chi connectivity index (χ1v) is 10.5. The first-order valence-electron chi connectivity index (χ1n) is 8.98. The van der Waals surface area contributed by atoms with E-state index in [1.807, 2.05) is 13.8 Å². The van der Waals surface area contributed by atoms with Crippen LogP contribution in [0.2, 0.25) is 0 Å². The molecule has 1 aromatic heterocycles. The average Bonchev–Trinajstić information content (AvgIpc) is 2.76. The Morgan fingerprint density at radius 1 is 1.22 bits per heavy atom. The molecule has 0 spiro atoms. The van der Waals surface area contributed by atoms with Gasteiger partial charge < -0.3 is 4.74 Å². The highest BCUT2D eigenvalue weighted by Gasteiger charge is 2.30. The summed E-state index contributed by atoms with van der Waals surface area (Å²) in [7, 11) is -3.73. The van der Waals surface area contributed by atoms with Crippen LogP contribution in [0.1, 0.15) is 44.0 Å².